The Morgan fingerprint density at radius 1 is 1.29 bits per heavy atom. The molecular weight excluding hydrogens is 174 g/mol. The first-order chi connectivity index (χ1) is 6.78. The molecule has 2 heteroatoms. The van der Waals surface area contributed by atoms with E-state index in [4.69, 9.17) is 10.5 Å². The Bertz CT molecular complexity index is 183. The molecule has 0 bridgehead atoms. The largest absolute Gasteiger partial charge is 0.374 e. The summed E-state index contributed by atoms with van der Waals surface area (Å²) in [6.45, 7) is 2.91. The fourth-order valence-corrected chi connectivity index (χ4v) is 3.06. The van der Waals surface area contributed by atoms with Crippen LogP contribution < -0.4 is 5.73 Å². The summed E-state index contributed by atoms with van der Waals surface area (Å²) in [5.41, 5.74) is 6.44. The quantitative estimate of drug-likeness (QED) is 0.751. The van der Waals surface area contributed by atoms with Crippen molar-refractivity contribution in [1.29, 1.82) is 0 Å². The van der Waals surface area contributed by atoms with Gasteiger partial charge in [0, 0.05) is 12.6 Å². The van der Waals surface area contributed by atoms with Crippen LogP contribution in [0.4, 0.5) is 0 Å². The molecule has 82 valence electrons. The molecule has 2 N–H and O–H groups in total. The van der Waals surface area contributed by atoms with Gasteiger partial charge < -0.3 is 10.5 Å². The van der Waals surface area contributed by atoms with Crippen LogP contribution in [0.3, 0.4) is 0 Å². The lowest BCUT2D eigenvalue weighted by Crippen LogP contribution is -2.54. The van der Waals surface area contributed by atoms with Gasteiger partial charge >= 0.3 is 0 Å². The van der Waals surface area contributed by atoms with Crippen LogP contribution in [0.5, 0.6) is 0 Å². The normalized spacial score (nSPS) is 28.7. The van der Waals surface area contributed by atoms with E-state index in [1.807, 2.05) is 0 Å². The number of ether oxygens (including phenoxy) is 1. The van der Waals surface area contributed by atoms with E-state index in [-0.39, 0.29) is 5.60 Å². The summed E-state index contributed by atoms with van der Waals surface area (Å²) < 4.78 is 5.98. The molecule has 0 aromatic heterocycles. The van der Waals surface area contributed by atoms with Gasteiger partial charge in [0.15, 0.2) is 0 Å². The van der Waals surface area contributed by atoms with Gasteiger partial charge in [0.2, 0.25) is 0 Å². The summed E-state index contributed by atoms with van der Waals surface area (Å²) in [6.07, 6.45) is 9.03. The second kappa shape index (κ2) is 4.19. The fourth-order valence-electron chi connectivity index (χ4n) is 3.06. The van der Waals surface area contributed by atoms with Crippen LogP contribution in [-0.2, 0) is 4.74 Å². The molecule has 2 nitrogen and oxygen atoms in total. The molecule has 0 aromatic rings. The van der Waals surface area contributed by atoms with Crippen molar-refractivity contribution in [2.24, 2.45) is 11.7 Å². The summed E-state index contributed by atoms with van der Waals surface area (Å²) in [5, 5.41) is 0. The first-order valence-electron chi connectivity index (χ1n) is 6.18. The van der Waals surface area contributed by atoms with E-state index in [1.165, 1.54) is 44.9 Å². The molecule has 2 rings (SSSR count). The smallest absolute Gasteiger partial charge is 0.0835 e. The average molecular weight is 197 g/mol. The van der Waals surface area contributed by atoms with E-state index in [1.54, 1.807) is 0 Å². The molecule has 14 heavy (non-hydrogen) atoms. The Morgan fingerprint density at radius 3 is 2.36 bits per heavy atom. The minimum absolute atomic E-state index is 0.0554. The predicted octanol–water partition coefficient (Wildman–Crippen LogP) is 2.46. The van der Waals surface area contributed by atoms with Gasteiger partial charge in [-0.3, -0.25) is 0 Å². The lowest BCUT2D eigenvalue weighted by molar-refractivity contribution is -0.0734. The zero-order valence-corrected chi connectivity index (χ0v) is 9.30. The van der Waals surface area contributed by atoms with Crippen LogP contribution in [0, 0.1) is 5.92 Å². The fraction of sp³-hybridized carbons (Fsp3) is 1.00. The molecule has 2 aliphatic carbocycles. The Morgan fingerprint density at radius 2 is 1.93 bits per heavy atom. The first-order valence-corrected chi connectivity index (χ1v) is 6.18. The summed E-state index contributed by atoms with van der Waals surface area (Å²) in [5.74, 6) is 0.750. The molecule has 0 saturated heterocycles. The van der Waals surface area contributed by atoms with E-state index in [0.717, 1.165) is 12.5 Å². The first kappa shape index (κ1) is 10.4. The van der Waals surface area contributed by atoms with E-state index < -0.39 is 0 Å². The van der Waals surface area contributed by atoms with Gasteiger partial charge in [0.05, 0.1) is 5.60 Å². The lowest BCUT2D eigenvalue weighted by Gasteiger charge is -2.43. The van der Waals surface area contributed by atoms with Crippen molar-refractivity contribution < 1.29 is 4.74 Å². The van der Waals surface area contributed by atoms with E-state index >= 15 is 0 Å². The summed E-state index contributed by atoms with van der Waals surface area (Å²) in [4.78, 5) is 0. The van der Waals surface area contributed by atoms with E-state index in [2.05, 4.69) is 6.92 Å². The highest BCUT2D eigenvalue weighted by atomic mass is 16.5. The highest BCUT2D eigenvalue weighted by Gasteiger charge is 2.44. The molecule has 1 atom stereocenters. The SMILES string of the molecule is CCOC1(C(N)C2CCC2)CCCC1. The van der Waals surface area contributed by atoms with Crippen molar-refractivity contribution in [3.8, 4) is 0 Å². The van der Waals surface area contributed by atoms with Gasteiger partial charge in [-0.05, 0) is 38.5 Å². The Balaban J connectivity index is 2.00. The highest BCUT2D eigenvalue weighted by molar-refractivity contribution is 5.00. The second-order valence-corrected chi connectivity index (χ2v) is 4.92. The Labute approximate surface area is 87.2 Å². The van der Waals surface area contributed by atoms with Crippen molar-refractivity contribution in [1.82, 2.24) is 0 Å². The van der Waals surface area contributed by atoms with Crippen molar-refractivity contribution in [2.75, 3.05) is 6.61 Å². The molecule has 2 saturated carbocycles. The number of hydrogen-bond acceptors (Lipinski definition) is 2. The van der Waals surface area contributed by atoms with Crippen LogP contribution >= 0.6 is 0 Å². The summed E-state index contributed by atoms with van der Waals surface area (Å²) >= 11 is 0. The zero-order valence-electron chi connectivity index (χ0n) is 9.30. The maximum atomic E-state index is 6.38. The lowest BCUT2D eigenvalue weighted by atomic mass is 9.73. The van der Waals surface area contributed by atoms with Gasteiger partial charge in [0.1, 0.15) is 0 Å². The number of rotatable bonds is 4. The molecule has 0 heterocycles. The second-order valence-electron chi connectivity index (χ2n) is 4.92. The number of hydrogen-bond donors (Lipinski definition) is 1. The highest BCUT2D eigenvalue weighted by Crippen LogP contribution is 2.42. The molecule has 2 aliphatic rings. The average Bonchev–Trinajstić information content (AvgIpc) is 2.51. The Hall–Kier alpha value is -0.0800. The van der Waals surface area contributed by atoms with Crippen molar-refractivity contribution in [3.05, 3.63) is 0 Å². The van der Waals surface area contributed by atoms with Gasteiger partial charge in [-0.1, -0.05) is 19.3 Å². The van der Waals surface area contributed by atoms with Gasteiger partial charge in [-0.15, -0.1) is 0 Å². The molecule has 1 unspecified atom stereocenters. The van der Waals surface area contributed by atoms with Crippen LogP contribution in [0.2, 0.25) is 0 Å². The van der Waals surface area contributed by atoms with Crippen molar-refractivity contribution in [3.63, 3.8) is 0 Å². The molecule has 0 aliphatic heterocycles. The maximum Gasteiger partial charge on any atom is 0.0835 e. The maximum absolute atomic E-state index is 6.38. The zero-order chi connectivity index (χ0) is 10.0. The van der Waals surface area contributed by atoms with Crippen LogP contribution in [0.1, 0.15) is 51.9 Å². The van der Waals surface area contributed by atoms with Gasteiger partial charge in [-0.2, -0.15) is 0 Å². The summed E-state index contributed by atoms with van der Waals surface area (Å²) in [6, 6.07) is 0.304. The van der Waals surface area contributed by atoms with E-state index in [0.29, 0.717) is 6.04 Å². The monoisotopic (exact) mass is 197 g/mol. The molecule has 0 radical (unpaired) electrons. The predicted molar refractivity (Wildman–Crippen MR) is 58.1 cm³/mol. The molecular formula is C12H23NO. The third-order valence-corrected chi connectivity index (χ3v) is 4.15. The molecule has 2 fully saturated rings. The van der Waals surface area contributed by atoms with Gasteiger partial charge in [-0.25, -0.2) is 0 Å². The third-order valence-electron chi connectivity index (χ3n) is 4.15. The minimum Gasteiger partial charge on any atom is -0.374 e. The van der Waals surface area contributed by atoms with E-state index in [9.17, 15) is 0 Å². The Kier molecular flexibility index (Phi) is 3.13. The van der Waals surface area contributed by atoms with Crippen molar-refractivity contribution in [2.45, 2.75) is 63.5 Å². The summed E-state index contributed by atoms with van der Waals surface area (Å²) in [7, 11) is 0. The standard InChI is InChI=1S/C12H23NO/c1-2-14-12(8-3-4-9-12)11(13)10-6-5-7-10/h10-11H,2-9,13H2,1H3. The van der Waals surface area contributed by atoms with Crippen LogP contribution in [0.15, 0.2) is 0 Å². The van der Waals surface area contributed by atoms with Crippen LogP contribution in [0.25, 0.3) is 0 Å². The topological polar surface area (TPSA) is 35.2 Å². The molecule has 0 amide bonds. The molecule has 0 aromatic carbocycles. The third kappa shape index (κ3) is 1.70. The van der Waals surface area contributed by atoms with Crippen molar-refractivity contribution >= 4 is 0 Å². The number of nitrogens with two attached hydrogens (primary N) is 1. The van der Waals surface area contributed by atoms with Gasteiger partial charge in [0.25, 0.3) is 0 Å². The molecule has 0 spiro atoms. The minimum atomic E-state index is 0.0554. The van der Waals surface area contributed by atoms with Crippen LogP contribution in [-0.4, -0.2) is 18.2 Å².